The number of methoxy groups -OCH3 is 1. The molecule has 2 heterocycles. The fourth-order valence-corrected chi connectivity index (χ4v) is 4.33. The summed E-state index contributed by atoms with van der Waals surface area (Å²) in [5.41, 5.74) is -0.477. The minimum atomic E-state index is -1.70. The van der Waals surface area contributed by atoms with E-state index in [0.29, 0.717) is 11.4 Å². The number of hydrogen-bond donors (Lipinski definition) is 2. The Bertz CT molecular complexity index is 1210. The third-order valence-electron chi connectivity index (χ3n) is 6.35. The van der Waals surface area contributed by atoms with Crippen LogP contribution in [0.3, 0.4) is 0 Å². The Balaban J connectivity index is 1.65. The van der Waals surface area contributed by atoms with Crippen LogP contribution in [0.5, 0.6) is 0 Å². The summed E-state index contributed by atoms with van der Waals surface area (Å²) < 4.78 is 21.1. The number of carbonyl (C=O) groups is 2. The van der Waals surface area contributed by atoms with Crippen molar-refractivity contribution >= 4 is 28.5 Å². The smallest absolute Gasteiger partial charge is 0.340 e. The number of aliphatic hydroxyl groups excluding tert-OH is 1. The Morgan fingerprint density at radius 2 is 1.97 bits per heavy atom. The van der Waals surface area contributed by atoms with Crippen LogP contribution in [0.1, 0.15) is 72.1 Å². The van der Waals surface area contributed by atoms with Gasteiger partial charge in [-0.05, 0) is 69.7 Å². The van der Waals surface area contributed by atoms with Crippen LogP contribution in [0.15, 0.2) is 36.5 Å². The molecule has 0 saturated heterocycles. The van der Waals surface area contributed by atoms with E-state index in [0.717, 1.165) is 31.1 Å². The van der Waals surface area contributed by atoms with Crippen molar-refractivity contribution in [2.75, 3.05) is 19.0 Å². The Morgan fingerprint density at radius 3 is 2.62 bits per heavy atom. The molecule has 0 radical (unpaired) electrons. The Hall–Kier alpha value is -3.33. The van der Waals surface area contributed by atoms with E-state index in [1.54, 1.807) is 18.2 Å². The molecular weight excluding hydrogens is 439 g/mol. The second-order valence-electron chi connectivity index (χ2n) is 9.25. The molecule has 1 fully saturated rings. The maximum atomic E-state index is 14.3. The standard InChI is InChI=1S/C25H29FN4O4/c1-25(2,26)22-6-4-5-19(27-22)23(32)28-21-11-16-13-30(17-9-7-15(14-31)8-10-17)29-20(16)12-18(21)24(33)34-3/h4-6,11-13,15,17,31H,7-10,14H2,1-3H3,(H,28,32)/t15-,17-. The van der Waals surface area contributed by atoms with E-state index in [4.69, 9.17) is 4.74 Å². The first-order chi connectivity index (χ1) is 16.2. The zero-order valence-electron chi connectivity index (χ0n) is 19.5. The highest BCUT2D eigenvalue weighted by Gasteiger charge is 2.25. The fraction of sp³-hybridized carbons (Fsp3) is 0.440. The van der Waals surface area contributed by atoms with Gasteiger partial charge in [0.05, 0.1) is 35.6 Å². The van der Waals surface area contributed by atoms with E-state index in [1.807, 2.05) is 10.9 Å². The molecule has 9 heteroatoms. The monoisotopic (exact) mass is 468 g/mol. The van der Waals surface area contributed by atoms with Gasteiger partial charge in [0, 0.05) is 18.2 Å². The van der Waals surface area contributed by atoms with E-state index in [2.05, 4.69) is 15.4 Å². The van der Waals surface area contributed by atoms with Crippen molar-refractivity contribution in [1.82, 2.24) is 14.8 Å². The first-order valence-corrected chi connectivity index (χ1v) is 11.4. The van der Waals surface area contributed by atoms with Crippen LogP contribution < -0.4 is 5.32 Å². The molecule has 1 aliphatic rings. The molecule has 1 amide bonds. The molecule has 0 aliphatic heterocycles. The normalized spacial score (nSPS) is 18.6. The largest absolute Gasteiger partial charge is 0.465 e. The number of nitrogens with one attached hydrogen (secondary N) is 1. The van der Waals surface area contributed by atoms with Gasteiger partial charge in [0.15, 0.2) is 0 Å². The number of carbonyl (C=O) groups excluding carboxylic acids is 2. The number of ether oxygens (including phenoxy) is 1. The molecule has 3 aromatic rings. The number of fused-ring (bicyclic) bond motifs is 1. The first-order valence-electron chi connectivity index (χ1n) is 11.4. The summed E-state index contributed by atoms with van der Waals surface area (Å²) >= 11 is 0. The molecule has 0 unspecified atom stereocenters. The van der Waals surface area contributed by atoms with Crippen LogP contribution in [0.25, 0.3) is 10.9 Å². The van der Waals surface area contributed by atoms with Crippen molar-refractivity contribution in [3.63, 3.8) is 0 Å². The number of hydrogen-bond acceptors (Lipinski definition) is 6. The SMILES string of the molecule is COC(=O)c1cc2nn([C@H]3CC[C@H](CO)CC3)cc2cc1NC(=O)c1cccc(C(C)(C)F)n1. The molecule has 180 valence electrons. The number of alkyl halides is 1. The molecular formula is C25H29FN4O4. The average molecular weight is 469 g/mol. The van der Waals surface area contributed by atoms with Crippen molar-refractivity contribution < 1.29 is 23.8 Å². The summed E-state index contributed by atoms with van der Waals surface area (Å²) in [7, 11) is 1.27. The maximum absolute atomic E-state index is 14.3. The van der Waals surface area contributed by atoms with Gasteiger partial charge in [-0.2, -0.15) is 5.10 Å². The molecule has 4 rings (SSSR count). The Labute approximate surface area is 197 Å². The number of rotatable bonds is 6. The highest BCUT2D eigenvalue weighted by molar-refractivity contribution is 6.09. The number of aromatic nitrogens is 3. The molecule has 34 heavy (non-hydrogen) atoms. The highest BCUT2D eigenvalue weighted by Crippen LogP contribution is 2.33. The Morgan fingerprint density at radius 1 is 1.24 bits per heavy atom. The summed E-state index contributed by atoms with van der Waals surface area (Å²) in [6, 6.07) is 8.07. The van der Waals surface area contributed by atoms with Gasteiger partial charge in [0.25, 0.3) is 5.91 Å². The average Bonchev–Trinajstić information content (AvgIpc) is 3.25. The van der Waals surface area contributed by atoms with Crippen molar-refractivity contribution in [3.8, 4) is 0 Å². The summed E-state index contributed by atoms with van der Waals surface area (Å²) in [6.45, 7) is 2.95. The number of nitrogens with zero attached hydrogens (tertiary/aromatic N) is 3. The molecule has 1 saturated carbocycles. The fourth-order valence-electron chi connectivity index (χ4n) is 4.33. The lowest BCUT2D eigenvalue weighted by molar-refractivity contribution is 0.0602. The molecule has 8 nitrogen and oxygen atoms in total. The van der Waals surface area contributed by atoms with Gasteiger partial charge in [0.2, 0.25) is 0 Å². The minimum Gasteiger partial charge on any atom is -0.465 e. The molecule has 2 N–H and O–H groups in total. The lowest BCUT2D eigenvalue weighted by Gasteiger charge is -2.27. The van der Waals surface area contributed by atoms with Crippen molar-refractivity contribution in [1.29, 1.82) is 0 Å². The summed E-state index contributed by atoms with van der Waals surface area (Å²) in [5.74, 6) is -0.837. The molecule has 1 aliphatic carbocycles. The lowest BCUT2D eigenvalue weighted by atomic mass is 9.87. The van der Waals surface area contributed by atoms with E-state index in [9.17, 15) is 19.1 Å². The second-order valence-corrected chi connectivity index (χ2v) is 9.25. The van der Waals surface area contributed by atoms with Gasteiger partial charge in [0.1, 0.15) is 11.4 Å². The molecule has 0 atom stereocenters. The second kappa shape index (κ2) is 9.50. The minimum absolute atomic E-state index is 0.0375. The van der Waals surface area contributed by atoms with E-state index in [1.165, 1.54) is 33.1 Å². The number of benzene rings is 1. The van der Waals surface area contributed by atoms with Gasteiger partial charge >= 0.3 is 5.97 Å². The van der Waals surface area contributed by atoms with Gasteiger partial charge in [-0.15, -0.1) is 0 Å². The number of aliphatic hydroxyl groups is 1. The van der Waals surface area contributed by atoms with Gasteiger partial charge in [-0.1, -0.05) is 6.07 Å². The van der Waals surface area contributed by atoms with Gasteiger partial charge in [-0.3, -0.25) is 9.48 Å². The lowest BCUT2D eigenvalue weighted by Crippen LogP contribution is -2.20. The van der Waals surface area contributed by atoms with E-state index < -0.39 is 17.5 Å². The highest BCUT2D eigenvalue weighted by atomic mass is 19.1. The third-order valence-corrected chi connectivity index (χ3v) is 6.35. The van der Waals surface area contributed by atoms with E-state index in [-0.39, 0.29) is 35.3 Å². The maximum Gasteiger partial charge on any atom is 0.340 e. The summed E-state index contributed by atoms with van der Waals surface area (Å²) in [5, 5.41) is 17.5. The summed E-state index contributed by atoms with van der Waals surface area (Å²) in [6.07, 6.45) is 5.61. The van der Waals surface area contributed by atoms with Crippen LogP contribution >= 0.6 is 0 Å². The van der Waals surface area contributed by atoms with Crippen LogP contribution in [0.4, 0.5) is 10.1 Å². The van der Waals surface area contributed by atoms with Crippen LogP contribution in [0, 0.1) is 5.92 Å². The molecule has 2 aromatic heterocycles. The van der Waals surface area contributed by atoms with Crippen molar-refractivity contribution in [2.24, 2.45) is 5.92 Å². The first kappa shape index (κ1) is 23.8. The number of pyridine rings is 1. The predicted octanol–water partition coefficient (Wildman–Crippen LogP) is 4.40. The zero-order chi connectivity index (χ0) is 24.5. The zero-order valence-corrected chi connectivity index (χ0v) is 19.5. The van der Waals surface area contributed by atoms with Gasteiger partial charge < -0.3 is 15.2 Å². The molecule has 0 bridgehead atoms. The van der Waals surface area contributed by atoms with Crippen LogP contribution in [0.2, 0.25) is 0 Å². The molecule has 0 spiro atoms. The van der Waals surface area contributed by atoms with E-state index >= 15 is 0 Å². The quantitative estimate of drug-likeness (QED) is 0.520. The number of esters is 1. The van der Waals surface area contributed by atoms with Crippen LogP contribution in [-0.4, -0.2) is 45.5 Å². The van der Waals surface area contributed by atoms with Crippen molar-refractivity contribution in [2.45, 2.75) is 51.2 Å². The summed E-state index contributed by atoms with van der Waals surface area (Å²) in [4.78, 5) is 29.5. The van der Waals surface area contributed by atoms with Gasteiger partial charge in [-0.25, -0.2) is 14.2 Å². The molecule has 1 aromatic carbocycles. The Kier molecular flexibility index (Phi) is 6.65. The number of halogens is 1. The predicted molar refractivity (Wildman–Crippen MR) is 125 cm³/mol. The third kappa shape index (κ3) is 4.94. The van der Waals surface area contributed by atoms with Crippen LogP contribution in [-0.2, 0) is 10.4 Å². The number of amides is 1. The number of anilines is 1. The topological polar surface area (TPSA) is 106 Å². The van der Waals surface area contributed by atoms with Crippen molar-refractivity contribution in [3.05, 3.63) is 53.5 Å².